The van der Waals surface area contributed by atoms with Gasteiger partial charge in [-0.3, -0.25) is 43.2 Å². The second-order valence-electron chi connectivity index (χ2n) is 19.8. The molecule has 13 atom stereocenters. The van der Waals surface area contributed by atoms with Crippen LogP contribution in [0.4, 0.5) is 0 Å². The van der Waals surface area contributed by atoms with Crippen LogP contribution in [0.3, 0.4) is 0 Å². The summed E-state index contributed by atoms with van der Waals surface area (Å²) >= 11 is 0. The van der Waals surface area contributed by atoms with Crippen molar-refractivity contribution in [3.05, 3.63) is 29.8 Å². The molecule has 2 aliphatic heterocycles. The molecule has 2 bridgehead atoms. The molecule has 0 saturated carbocycles. The van der Waals surface area contributed by atoms with Crippen LogP contribution in [0.15, 0.2) is 24.3 Å². The fourth-order valence-corrected chi connectivity index (χ4v) is 8.49. The predicted octanol–water partition coefficient (Wildman–Crippen LogP) is -3.02. The Hall–Kier alpha value is -6.44. The van der Waals surface area contributed by atoms with Gasteiger partial charge in [0.25, 0.3) is 5.91 Å². The van der Waals surface area contributed by atoms with Crippen molar-refractivity contribution in [3.63, 3.8) is 0 Å². The van der Waals surface area contributed by atoms with Crippen molar-refractivity contribution in [2.45, 2.75) is 173 Å². The average molecular weight is 1050 g/mol. The van der Waals surface area contributed by atoms with Crippen LogP contribution in [-0.4, -0.2) is 183 Å². The number of rotatable bonds is 19. The number of hydrogen-bond donors (Lipinski definition) is 11. The molecule has 0 aliphatic carbocycles. The first-order valence-corrected chi connectivity index (χ1v) is 24.8. The van der Waals surface area contributed by atoms with Crippen LogP contribution in [0, 0.1) is 17.8 Å². The van der Waals surface area contributed by atoms with Crippen LogP contribution >= 0.6 is 0 Å². The van der Waals surface area contributed by atoms with E-state index in [9.17, 15) is 68.4 Å². The zero-order valence-corrected chi connectivity index (χ0v) is 43.8. The Kier molecular flexibility index (Phi) is 23.6. The van der Waals surface area contributed by atoms with Crippen LogP contribution < -0.4 is 42.4 Å². The second-order valence-corrected chi connectivity index (χ2v) is 19.8. The number of primary amides is 1. The zero-order chi connectivity index (χ0) is 55.9. The van der Waals surface area contributed by atoms with Crippen molar-refractivity contribution >= 4 is 59.1 Å². The van der Waals surface area contributed by atoms with Crippen molar-refractivity contribution in [1.82, 2.24) is 41.7 Å². The Bertz CT molecular complexity index is 2160. The summed E-state index contributed by atoms with van der Waals surface area (Å²) in [6.45, 7) is 11.3. The third kappa shape index (κ3) is 16.8. The number of aliphatic hydroxyl groups excluding tert-OH is 4. The first-order valence-electron chi connectivity index (χ1n) is 24.8. The Morgan fingerprint density at radius 3 is 2.04 bits per heavy atom. The molecule has 0 aromatic heterocycles. The number of ether oxygens (including phenoxy) is 2. The van der Waals surface area contributed by atoms with E-state index in [1.54, 1.807) is 52.0 Å². The lowest BCUT2D eigenvalue weighted by Gasteiger charge is -2.43. The molecule has 9 amide bonds. The predicted molar refractivity (Wildman–Crippen MR) is 263 cm³/mol. The largest absolute Gasteiger partial charge is 0.497 e. The molecule has 0 unspecified atom stereocenters. The van der Waals surface area contributed by atoms with Crippen LogP contribution in [0.1, 0.15) is 99.5 Å². The molecule has 3 rings (SSSR count). The highest BCUT2D eigenvalue weighted by atomic mass is 16.5. The number of nitrogens with two attached hydrogens (primary N) is 1. The number of likely N-dealkylation sites (N-methyl/N-ethyl adjacent to an activating group) is 1. The lowest BCUT2D eigenvalue weighted by molar-refractivity contribution is -0.170. The molecule has 2 fully saturated rings. The summed E-state index contributed by atoms with van der Waals surface area (Å²) in [4.78, 5) is 142. The molecular formula is C49H77N9O16. The molecule has 0 spiro atoms. The number of amides is 9. The summed E-state index contributed by atoms with van der Waals surface area (Å²) in [5.41, 5.74) is 5.94. The van der Waals surface area contributed by atoms with E-state index in [0.717, 1.165) is 9.80 Å². The summed E-state index contributed by atoms with van der Waals surface area (Å²) in [6.07, 6.45) is -8.08. The Morgan fingerprint density at radius 1 is 0.865 bits per heavy atom. The number of esters is 1. The van der Waals surface area contributed by atoms with Gasteiger partial charge in [-0.25, -0.2) is 4.79 Å². The highest BCUT2D eigenvalue weighted by Crippen LogP contribution is 2.25. The molecular weight excluding hydrogens is 971 g/mol. The number of benzene rings is 1. The van der Waals surface area contributed by atoms with E-state index in [1.807, 2.05) is 0 Å². The maximum absolute atomic E-state index is 14.7. The fraction of sp³-hybridized carbons (Fsp3) is 0.673. The maximum atomic E-state index is 14.7. The highest BCUT2D eigenvalue weighted by molar-refractivity contribution is 5.99. The fourth-order valence-electron chi connectivity index (χ4n) is 8.49. The van der Waals surface area contributed by atoms with Crippen LogP contribution in [-0.2, 0) is 59.1 Å². The lowest BCUT2D eigenvalue weighted by Crippen LogP contribution is -2.67. The summed E-state index contributed by atoms with van der Waals surface area (Å²) in [5, 5.41) is 56.7. The zero-order valence-electron chi connectivity index (χ0n) is 43.8. The summed E-state index contributed by atoms with van der Waals surface area (Å²) in [5.74, 6) is -11.2. The number of cyclic esters (lactones) is 1. The van der Waals surface area contributed by atoms with Gasteiger partial charge in [0.05, 0.1) is 19.8 Å². The third-order valence-electron chi connectivity index (χ3n) is 13.1. The monoisotopic (exact) mass is 1050 g/mol. The van der Waals surface area contributed by atoms with Crippen LogP contribution in [0.2, 0.25) is 0 Å². The summed E-state index contributed by atoms with van der Waals surface area (Å²) < 4.78 is 11.2. The van der Waals surface area contributed by atoms with E-state index in [1.165, 1.54) is 41.9 Å². The molecule has 414 valence electrons. The van der Waals surface area contributed by atoms with Gasteiger partial charge in [0.15, 0.2) is 6.10 Å². The van der Waals surface area contributed by atoms with E-state index < -0.39 is 163 Å². The van der Waals surface area contributed by atoms with Gasteiger partial charge in [0.1, 0.15) is 66.4 Å². The van der Waals surface area contributed by atoms with Crippen molar-refractivity contribution < 1.29 is 77.8 Å². The Labute approximate surface area is 430 Å². The summed E-state index contributed by atoms with van der Waals surface area (Å²) in [6, 6.07) is -6.09. The van der Waals surface area contributed by atoms with Crippen LogP contribution in [0.25, 0.3) is 0 Å². The van der Waals surface area contributed by atoms with E-state index >= 15 is 0 Å². The number of fused-ring (bicyclic) bond motifs is 2. The van der Waals surface area contributed by atoms with Gasteiger partial charge in [0, 0.05) is 19.9 Å². The molecule has 1 aromatic rings. The molecule has 25 nitrogen and oxygen atoms in total. The number of carbonyl (C=O) groups excluding carboxylic acids is 10. The Morgan fingerprint density at radius 2 is 1.50 bits per heavy atom. The van der Waals surface area contributed by atoms with Gasteiger partial charge in [-0.05, 0) is 75.0 Å². The van der Waals surface area contributed by atoms with Crippen molar-refractivity contribution in [3.8, 4) is 5.75 Å². The molecule has 2 aliphatic rings. The van der Waals surface area contributed by atoms with E-state index in [4.69, 9.17) is 15.2 Å². The number of piperidine rings is 1. The smallest absolute Gasteiger partial charge is 0.329 e. The second kappa shape index (κ2) is 28.3. The maximum Gasteiger partial charge on any atom is 0.329 e. The number of nitrogens with one attached hydrogen (secondary N) is 6. The molecule has 0 radical (unpaired) electrons. The standard InChI is InChI=1S/C49H77N9O16/c1-11-25(6)38-49(72)74-27(8)39(56-41(64)30(16-18-35(50)62)51-45(68)37(24(4)5)54-44(67)34(61)22-59)46(69)53-32(20-23(2)3)42(65)52-31-17-19-36(63)58(47(31)70)40(26(7)60)48(71)57(9)33(43(66)55-38)21-28-12-14-29(73-10)15-13-28/h12-15,23-27,30-34,36-40,59-61,63H,11,16-22H2,1-10H3,(H2,50,62)(H,51,68)(H,52,65)(H,53,69)(H,54,67)(H,55,66)(H,56,64)/t25-,26+,27+,30-,31-,32-,33-,34-,36+,37-,38-,39-,40-/m0/s1. The molecule has 1 aromatic carbocycles. The first kappa shape index (κ1) is 61.9. The minimum Gasteiger partial charge on any atom is -0.497 e. The van der Waals surface area contributed by atoms with Gasteiger partial charge in [0.2, 0.25) is 47.3 Å². The molecule has 2 saturated heterocycles. The van der Waals surface area contributed by atoms with Gasteiger partial charge >= 0.3 is 5.97 Å². The third-order valence-corrected chi connectivity index (χ3v) is 13.1. The molecule has 25 heteroatoms. The quantitative estimate of drug-likeness (QED) is 0.0614. The van der Waals surface area contributed by atoms with Gasteiger partial charge < -0.3 is 77.3 Å². The average Bonchev–Trinajstić information content (AvgIpc) is 3.34. The highest BCUT2D eigenvalue weighted by Gasteiger charge is 2.47. The number of hydrogen-bond acceptors (Lipinski definition) is 16. The van der Waals surface area contributed by atoms with Crippen molar-refractivity contribution in [1.29, 1.82) is 0 Å². The normalized spacial score (nSPS) is 25.6. The van der Waals surface area contributed by atoms with Crippen molar-refractivity contribution in [2.24, 2.45) is 23.5 Å². The summed E-state index contributed by atoms with van der Waals surface area (Å²) in [7, 11) is 2.71. The Balaban J connectivity index is 2.25. The topological polar surface area (TPSA) is 375 Å². The minimum absolute atomic E-state index is 0.0679. The lowest BCUT2D eigenvalue weighted by atomic mass is 9.95. The van der Waals surface area contributed by atoms with Gasteiger partial charge in [-0.15, -0.1) is 0 Å². The first-order chi connectivity index (χ1) is 34.7. The van der Waals surface area contributed by atoms with Crippen LogP contribution in [0.5, 0.6) is 5.75 Å². The van der Waals surface area contributed by atoms with Gasteiger partial charge in [-0.2, -0.15) is 0 Å². The molecule has 2 heterocycles. The molecule has 74 heavy (non-hydrogen) atoms. The number of carbonyl (C=O) groups is 10. The minimum atomic E-state index is -1.90. The number of nitrogens with zero attached hydrogens (tertiary/aromatic N) is 2. The van der Waals surface area contributed by atoms with E-state index in [-0.39, 0.29) is 38.0 Å². The number of methoxy groups -OCH3 is 1. The SMILES string of the molecule is CC[C@H](C)[C@@H]1NC(=O)[C@H](Cc2ccc(OC)cc2)N(C)C(=O)[C@H]([C@@H](C)O)N2C(=O)[C@H](CC[C@H]2O)NC(=O)[C@H](CC(C)C)NC(=O)[C@@H](NC(=O)[C@H](CCC(N)=O)NC(=O)[C@@H](NC(=O)[C@@H](O)CO)C(C)C)[C@@H](C)OC1=O. The van der Waals surface area contributed by atoms with Gasteiger partial charge in [-0.1, -0.05) is 60.1 Å². The molecule has 12 N–H and O–H groups in total. The number of aliphatic hydroxyl groups is 4. The van der Waals surface area contributed by atoms with Crippen molar-refractivity contribution in [2.75, 3.05) is 20.8 Å². The van der Waals surface area contributed by atoms with E-state index in [0.29, 0.717) is 11.3 Å². The van der Waals surface area contributed by atoms with E-state index in [2.05, 4.69) is 31.9 Å².